The summed E-state index contributed by atoms with van der Waals surface area (Å²) in [4.78, 5) is 49.4. The average Bonchev–Trinajstić information content (AvgIpc) is 2.70. The van der Waals surface area contributed by atoms with Crippen LogP contribution >= 0.6 is 0 Å². The molecule has 1 aromatic carbocycles. The predicted molar refractivity (Wildman–Crippen MR) is 59.8 cm³/mol. The van der Waals surface area contributed by atoms with E-state index in [0.29, 0.717) is 5.06 Å². The molecule has 1 N–H and O–H groups in total. The fourth-order valence-corrected chi connectivity index (χ4v) is 1.39. The minimum absolute atomic E-state index is 0.0765. The molecule has 0 saturated heterocycles. The number of carboxylic acids is 1. The Balaban J connectivity index is 2.17. The van der Waals surface area contributed by atoms with Crippen LogP contribution in [0.3, 0.4) is 0 Å². The van der Waals surface area contributed by atoms with E-state index >= 15 is 0 Å². The van der Waals surface area contributed by atoms with E-state index in [4.69, 9.17) is 5.11 Å². The third-order valence-corrected chi connectivity index (χ3v) is 2.29. The van der Waals surface area contributed by atoms with Crippen LogP contribution in [0.2, 0.25) is 0 Å². The Labute approximate surface area is 106 Å². The topological polar surface area (TPSA) is 101 Å². The van der Waals surface area contributed by atoms with E-state index in [-0.39, 0.29) is 11.1 Å². The van der Waals surface area contributed by atoms with Crippen molar-refractivity contribution in [1.82, 2.24) is 5.06 Å². The molecule has 2 amide bonds. The Bertz CT molecular complexity index is 600. The summed E-state index contributed by atoms with van der Waals surface area (Å²) in [5, 5.41) is 9.08. The van der Waals surface area contributed by atoms with Gasteiger partial charge in [0.05, 0.1) is 11.1 Å². The maximum Gasteiger partial charge on any atom is 0.363 e. The second-order valence-corrected chi connectivity index (χ2v) is 3.57. The van der Waals surface area contributed by atoms with Gasteiger partial charge in [0.1, 0.15) is 0 Å². The lowest BCUT2D eigenvalue weighted by molar-refractivity contribution is -0.170. The van der Waals surface area contributed by atoms with E-state index in [1.165, 1.54) is 18.2 Å². The standard InChI is InChI=1S/C12H7NO6/c14-9-4-5-10(15)13(9)19-12(18)8-3-1-2-7(6-8)11(16)17/h1-6H,(H,16,17). The van der Waals surface area contributed by atoms with Gasteiger partial charge in [0, 0.05) is 12.2 Å². The first-order valence-corrected chi connectivity index (χ1v) is 5.11. The SMILES string of the molecule is O=C(O)c1cccc(C(=O)ON2C(=O)C=CC2=O)c1. The highest BCUT2D eigenvalue weighted by Crippen LogP contribution is 2.11. The van der Waals surface area contributed by atoms with Crippen LogP contribution in [0.1, 0.15) is 20.7 Å². The molecule has 0 saturated carbocycles. The molecule has 1 heterocycles. The third kappa shape index (κ3) is 2.49. The molecule has 96 valence electrons. The van der Waals surface area contributed by atoms with Gasteiger partial charge in [-0.25, -0.2) is 9.59 Å². The van der Waals surface area contributed by atoms with Crippen LogP contribution in [0.25, 0.3) is 0 Å². The molecule has 1 aliphatic rings. The number of aromatic carboxylic acids is 1. The van der Waals surface area contributed by atoms with E-state index in [0.717, 1.165) is 18.2 Å². The Hall–Kier alpha value is -2.96. The van der Waals surface area contributed by atoms with Gasteiger partial charge in [0.25, 0.3) is 11.8 Å². The van der Waals surface area contributed by atoms with E-state index in [2.05, 4.69) is 4.84 Å². The molecule has 0 atom stereocenters. The van der Waals surface area contributed by atoms with Crippen molar-refractivity contribution < 1.29 is 29.1 Å². The van der Waals surface area contributed by atoms with Crippen molar-refractivity contribution in [3.63, 3.8) is 0 Å². The molecule has 19 heavy (non-hydrogen) atoms. The molecular weight excluding hydrogens is 254 g/mol. The summed E-state index contributed by atoms with van der Waals surface area (Å²) in [6.07, 6.45) is 1.92. The van der Waals surface area contributed by atoms with E-state index in [1.807, 2.05) is 0 Å². The summed E-state index contributed by atoms with van der Waals surface area (Å²) < 4.78 is 0. The summed E-state index contributed by atoms with van der Waals surface area (Å²) in [5.41, 5.74) is -0.181. The van der Waals surface area contributed by atoms with Crippen LogP contribution in [0.4, 0.5) is 0 Å². The molecule has 2 rings (SSSR count). The molecule has 1 aromatic rings. The quantitative estimate of drug-likeness (QED) is 0.789. The molecule has 0 unspecified atom stereocenters. The minimum Gasteiger partial charge on any atom is -0.478 e. The molecule has 0 radical (unpaired) electrons. The summed E-state index contributed by atoms with van der Waals surface area (Å²) in [6, 6.07) is 5.05. The number of amides is 2. The lowest BCUT2D eigenvalue weighted by atomic mass is 10.1. The molecular formula is C12H7NO6. The van der Waals surface area contributed by atoms with Gasteiger partial charge in [-0.2, -0.15) is 0 Å². The number of carbonyl (C=O) groups excluding carboxylic acids is 3. The lowest BCUT2D eigenvalue weighted by Gasteiger charge is -2.12. The Morgan fingerprint density at radius 3 is 2.21 bits per heavy atom. The average molecular weight is 261 g/mol. The second-order valence-electron chi connectivity index (χ2n) is 3.57. The summed E-state index contributed by atoms with van der Waals surface area (Å²) in [6.45, 7) is 0. The number of hydrogen-bond donors (Lipinski definition) is 1. The molecule has 0 aliphatic carbocycles. The van der Waals surface area contributed by atoms with Crippen molar-refractivity contribution in [1.29, 1.82) is 0 Å². The number of hydrogen-bond acceptors (Lipinski definition) is 5. The molecule has 7 nitrogen and oxygen atoms in total. The van der Waals surface area contributed by atoms with Crippen molar-refractivity contribution in [2.24, 2.45) is 0 Å². The Morgan fingerprint density at radius 1 is 1.05 bits per heavy atom. The van der Waals surface area contributed by atoms with Gasteiger partial charge < -0.3 is 9.94 Å². The fourth-order valence-electron chi connectivity index (χ4n) is 1.39. The van der Waals surface area contributed by atoms with Crippen LogP contribution in [0.15, 0.2) is 36.4 Å². The van der Waals surface area contributed by atoms with Gasteiger partial charge in [-0.15, -0.1) is 0 Å². The zero-order valence-corrected chi connectivity index (χ0v) is 9.40. The van der Waals surface area contributed by atoms with E-state index in [9.17, 15) is 19.2 Å². The first-order valence-electron chi connectivity index (χ1n) is 5.11. The highest BCUT2D eigenvalue weighted by atomic mass is 16.7. The van der Waals surface area contributed by atoms with Crippen LogP contribution in [-0.4, -0.2) is 33.9 Å². The first-order chi connectivity index (χ1) is 8.99. The zero-order valence-electron chi connectivity index (χ0n) is 9.40. The van der Waals surface area contributed by atoms with Gasteiger partial charge in [-0.3, -0.25) is 9.59 Å². The number of hydroxylamine groups is 2. The predicted octanol–water partition coefficient (Wildman–Crippen LogP) is 0.382. The van der Waals surface area contributed by atoms with Crippen molar-refractivity contribution in [2.75, 3.05) is 0 Å². The van der Waals surface area contributed by atoms with Crippen LogP contribution in [-0.2, 0) is 14.4 Å². The lowest BCUT2D eigenvalue weighted by Crippen LogP contribution is -2.32. The molecule has 0 bridgehead atoms. The van der Waals surface area contributed by atoms with Crippen molar-refractivity contribution in [2.45, 2.75) is 0 Å². The van der Waals surface area contributed by atoms with Gasteiger partial charge >= 0.3 is 11.9 Å². The normalized spacial score (nSPS) is 13.8. The largest absolute Gasteiger partial charge is 0.478 e. The first kappa shape index (κ1) is 12.5. The van der Waals surface area contributed by atoms with Crippen LogP contribution in [0.5, 0.6) is 0 Å². The summed E-state index contributed by atoms with van der Waals surface area (Å²) in [7, 11) is 0. The van der Waals surface area contributed by atoms with Crippen LogP contribution < -0.4 is 0 Å². The molecule has 1 aliphatic heterocycles. The molecule has 0 fully saturated rings. The minimum atomic E-state index is -1.20. The molecule has 0 aromatic heterocycles. The number of nitrogens with zero attached hydrogens (tertiary/aromatic N) is 1. The third-order valence-electron chi connectivity index (χ3n) is 2.29. The zero-order chi connectivity index (χ0) is 14.0. The smallest absolute Gasteiger partial charge is 0.363 e. The van der Waals surface area contributed by atoms with E-state index in [1.54, 1.807) is 0 Å². The maximum atomic E-state index is 11.7. The van der Waals surface area contributed by atoms with Gasteiger partial charge in [0.2, 0.25) is 0 Å². The fraction of sp³-hybridized carbons (Fsp3) is 0. The van der Waals surface area contributed by atoms with Crippen molar-refractivity contribution in [3.05, 3.63) is 47.5 Å². The Morgan fingerprint density at radius 2 is 1.63 bits per heavy atom. The van der Waals surface area contributed by atoms with Crippen LogP contribution in [0, 0.1) is 0 Å². The number of benzene rings is 1. The van der Waals surface area contributed by atoms with Gasteiger partial charge in [-0.05, 0) is 18.2 Å². The molecule has 0 spiro atoms. The number of imide groups is 1. The van der Waals surface area contributed by atoms with Gasteiger partial charge in [0.15, 0.2) is 0 Å². The summed E-state index contributed by atoms with van der Waals surface area (Å²) in [5.74, 6) is -3.74. The highest BCUT2D eigenvalue weighted by molar-refractivity contribution is 6.12. The highest BCUT2D eigenvalue weighted by Gasteiger charge is 2.28. The van der Waals surface area contributed by atoms with Crippen molar-refractivity contribution in [3.8, 4) is 0 Å². The second kappa shape index (κ2) is 4.73. The maximum absolute atomic E-state index is 11.7. The number of rotatable bonds is 3. The summed E-state index contributed by atoms with van der Waals surface area (Å²) >= 11 is 0. The monoisotopic (exact) mass is 261 g/mol. The van der Waals surface area contributed by atoms with Gasteiger partial charge in [-0.1, -0.05) is 11.1 Å². The Kier molecular flexibility index (Phi) is 3.11. The van der Waals surface area contributed by atoms with E-state index < -0.39 is 23.8 Å². The number of carbonyl (C=O) groups is 4. The molecule has 7 heteroatoms. The number of carboxylic acid groups (broad SMARTS) is 1. The van der Waals surface area contributed by atoms with Crippen molar-refractivity contribution >= 4 is 23.8 Å².